The van der Waals surface area contributed by atoms with Gasteiger partial charge in [-0.25, -0.2) is 0 Å². The third-order valence-electron chi connectivity index (χ3n) is 7.24. The fourth-order valence-electron chi connectivity index (χ4n) is 7.66. The predicted octanol–water partition coefficient (Wildman–Crippen LogP) is 0.788. The summed E-state index contributed by atoms with van der Waals surface area (Å²) < 4.78 is 6.22. The van der Waals surface area contributed by atoms with E-state index in [0.29, 0.717) is 17.9 Å². The summed E-state index contributed by atoms with van der Waals surface area (Å²) in [5.41, 5.74) is -0.291. The van der Waals surface area contributed by atoms with Crippen molar-refractivity contribution < 1.29 is 9.66 Å². The highest BCUT2D eigenvalue weighted by molar-refractivity contribution is 5.39. The van der Waals surface area contributed by atoms with Gasteiger partial charge in [0.25, 0.3) is 0 Å². The number of ether oxygens (including phenoxy) is 1. The number of hydrogen-bond acceptors (Lipinski definition) is 3. The van der Waals surface area contributed by atoms with Crippen LogP contribution in [0, 0.1) is 57.5 Å². The first-order valence-corrected chi connectivity index (χ1v) is 6.54. The van der Waals surface area contributed by atoms with E-state index in [1.165, 1.54) is 6.42 Å². The van der Waals surface area contributed by atoms with Crippen LogP contribution in [0.25, 0.3) is 0 Å². The molecule has 0 unspecified atom stereocenters. The summed E-state index contributed by atoms with van der Waals surface area (Å²) in [5.74, 6) is 6.13. The van der Waals surface area contributed by atoms with E-state index >= 15 is 0 Å². The molecule has 16 heavy (non-hydrogen) atoms. The molecule has 0 aromatic carbocycles. The van der Waals surface area contributed by atoms with Crippen molar-refractivity contribution in [3.63, 3.8) is 0 Å². The lowest BCUT2D eigenvalue weighted by molar-refractivity contribution is -0.503. The molecule has 4 heteroatoms. The summed E-state index contributed by atoms with van der Waals surface area (Å²) in [6.07, 6.45) is 1.82. The second-order valence-corrected chi connectivity index (χ2v) is 6.95. The molecule has 84 valence electrons. The van der Waals surface area contributed by atoms with Crippen molar-refractivity contribution in [2.45, 2.75) is 18.1 Å². The number of nitrogens with zero attached hydrogens (tertiary/aromatic N) is 1. The van der Waals surface area contributed by atoms with Crippen LogP contribution in [0.3, 0.4) is 0 Å². The van der Waals surface area contributed by atoms with E-state index in [4.69, 9.17) is 4.74 Å². The Hall–Kier alpha value is -0.640. The highest BCUT2D eigenvalue weighted by atomic mass is 16.6. The van der Waals surface area contributed by atoms with Gasteiger partial charge in [0, 0.05) is 16.8 Å². The predicted molar refractivity (Wildman–Crippen MR) is 52.0 cm³/mol. The fourth-order valence-corrected chi connectivity index (χ4v) is 7.66. The van der Waals surface area contributed by atoms with Crippen LogP contribution >= 0.6 is 0 Å². The molecule has 0 spiro atoms. The lowest BCUT2D eigenvalue weighted by Gasteiger charge is -2.44. The third-order valence-corrected chi connectivity index (χ3v) is 7.24. The minimum absolute atomic E-state index is 0.0955. The molecule has 2 heterocycles. The van der Waals surface area contributed by atoms with Crippen molar-refractivity contribution in [1.82, 2.24) is 0 Å². The van der Waals surface area contributed by atoms with E-state index in [1.54, 1.807) is 0 Å². The van der Waals surface area contributed by atoms with Crippen molar-refractivity contribution in [3.8, 4) is 0 Å². The molecule has 4 bridgehead atoms. The normalized spacial score (nSPS) is 77.9. The van der Waals surface area contributed by atoms with Gasteiger partial charge in [-0.3, -0.25) is 10.1 Å². The SMILES string of the molecule is O=[N+]([O-])C[C@]12O[C@H]3[C@H]4[C@@H]5[C@H]6C[C@H]([C@@H]5[C@H]41)[C@@H]2[C@@H]63. The molecule has 0 aromatic rings. The van der Waals surface area contributed by atoms with Gasteiger partial charge in [0.15, 0.2) is 0 Å². The van der Waals surface area contributed by atoms with Crippen LogP contribution in [0.2, 0.25) is 0 Å². The maximum atomic E-state index is 10.9. The highest BCUT2D eigenvalue weighted by Gasteiger charge is 2.93. The van der Waals surface area contributed by atoms with Gasteiger partial charge in [0.05, 0.1) is 6.10 Å². The highest BCUT2D eigenvalue weighted by Crippen LogP contribution is 2.90. The maximum absolute atomic E-state index is 10.9. The average Bonchev–Trinajstić information content (AvgIpc) is 2.73. The smallest absolute Gasteiger partial charge is 0.233 e. The van der Waals surface area contributed by atoms with Crippen molar-refractivity contribution in [2.24, 2.45) is 47.3 Å². The van der Waals surface area contributed by atoms with E-state index in [0.717, 1.165) is 35.5 Å². The molecule has 4 nitrogen and oxygen atoms in total. The first-order chi connectivity index (χ1) is 7.74. The van der Waals surface area contributed by atoms with Crippen LogP contribution < -0.4 is 0 Å². The number of nitro groups is 1. The van der Waals surface area contributed by atoms with Crippen molar-refractivity contribution in [1.29, 1.82) is 0 Å². The van der Waals surface area contributed by atoms with Crippen LogP contribution in [0.15, 0.2) is 0 Å². The molecule has 7 fully saturated rings. The second-order valence-electron chi connectivity index (χ2n) is 6.95. The second kappa shape index (κ2) is 1.74. The Balaban J connectivity index is 1.62. The Morgan fingerprint density at radius 3 is 2.88 bits per heavy atom. The topological polar surface area (TPSA) is 52.4 Å². The minimum Gasteiger partial charge on any atom is -0.364 e. The molecule has 0 aromatic heterocycles. The molecular weight excluding hydrogens is 206 g/mol. The van der Waals surface area contributed by atoms with Crippen molar-refractivity contribution >= 4 is 0 Å². The lowest BCUT2D eigenvalue weighted by Crippen LogP contribution is -2.51. The average molecular weight is 219 g/mol. The summed E-state index contributed by atoms with van der Waals surface area (Å²) in [6, 6.07) is 0. The Morgan fingerprint density at radius 1 is 1.19 bits per heavy atom. The minimum atomic E-state index is -0.291. The molecule has 10 atom stereocenters. The van der Waals surface area contributed by atoms with Crippen LogP contribution in [0.1, 0.15) is 6.42 Å². The lowest BCUT2D eigenvalue weighted by atomic mass is 9.57. The van der Waals surface area contributed by atoms with Crippen molar-refractivity contribution in [2.75, 3.05) is 6.54 Å². The zero-order chi connectivity index (χ0) is 10.4. The quantitative estimate of drug-likeness (QED) is 0.509. The van der Waals surface area contributed by atoms with E-state index in [9.17, 15) is 10.1 Å². The van der Waals surface area contributed by atoms with Gasteiger partial charge in [-0.05, 0) is 41.9 Å². The van der Waals surface area contributed by atoms with Crippen LogP contribution in [0.4, 0.5) is 0 Å². The van der Waals surface area contributed by atoms with Gasteiger partial charge in [0.1, 0.15) is 5.60 Å². The summed E-state index contributed by atoms with van der Waals surface area (Å²) in [4.78, 5) is 10.8. The molecule has 0 amide bonds. The molecule has 0 N–H and O–H groups in total. The molecule has 2 saturated heterocycles. The number of hydrogen-bond donors (Lipinski definition) is 0. The summed E-state index contributed by atoms with van der Waals surface area (Å²) >= 11 is 0. The van der Waals surface area contributed by atoms with E-state index < -0.39 is 0 Å². The largest absolute Gasteiger partial charge is 0.364 e. The molecule has 5 aliphatic carbocycles. The van der Waals surface area contributed by atoms with Crippen LogP contribution in [-0.2, 0) is 4.74 Å². The fraction of sp³-hybridized carbons (Fsp3) is 1.00. The molecule has 0 radical (unpaired) electrons. The summed E-state index contributed by atoms with van der Waals surface area (Å²) in [5, 5.41) is 10.9. The molecular formula is C12H13NO3. The summed E-state index contributed by atoms with van der Waals surface area (Å²) in [6.45, 7) is 0.0955. The number of rotatable bonds is 2. The van der Waals surface area contributed by atoms with Gasteiger partial charge in [0.2, 0.25) is 6.54 Å². The van der Waals surface area contributed by atoms with Crippen LogP contribution in [0.5, 0.6) is 0 Å². The van der Waals surface area contributed by atoms with Gasteiger partial charge >= 0.3 is 0 Å². The molecule has 2 aliphatic heterocycles. The van der Waals surface area contributed by atoms with Gasteiger partial charge in [-0.2, -0.15) is 0 Å². The zero-order valence-corrected chi connectivity index (χ0v) is 8.78. The van der Waals surface area contributed by atoms with Gasteiger partial charge < -0.3 is 4.74 Å². The van der Waals surface area contributed by atoms with Gasteiger partial charge in [-0.15, -0.1) is 0 Å². The van der Waals surface area contributed by atoms with E-state index in [2.05, 4.69) is 0 Å². The first-order valence-electron chi connectivity index (χ1n) is 6.54. The van der Waals surface area contributed by atoms with Crippen LogP contribution in [-0.4, -0.2) is 23.2 Å². The van der Waals surface area contributed by atoms with Gasteiger partial charge in [-0.1, -0.05) is 0 Å². The third kappa shape index (κ3) is 0.424. The standard InChI is InChI=1S/C12H13NO3/c14-13(15)2-12-9-4-1-3-5-6(4)10(12)8(5)11(16-12)7(3)9/h3-11H,1-2H2/t3-,4-,5-,6+,7-,8+,9-,10-,11-,12-/m1/s1. The molecule has 7 aliphatic rings. The Kier molecular flexibility index (Phi) is 0.832. The Morgan fingerprint density at radius 2 is 2.06 bits per heavy atom. The monoisotopic (exact) mass is 219 g/mol. The van der Waals surface area contributed by atoms with E-state index in [1.807, 2.05) is 0 Å². The maximum Gasteiger partial charge on any atom is 0.233 e. The van der Waals surface area contributed by atoms with E-state index in [-0.39, 0.29) is 17.1 Å². The molecule has 7 rings (SSSR count). The Labute approximate surface area is 92.5 Å². The first kappa shape index (κ1) is 7.64. The summed E-state index contributed by atoms with van der Waals surface area (Å²) in [7, 11) is 0. The Bertz CT molecular complexity index is 455. The van der Waals surface area contributed by atoms with Crippen molar-refractivity contribution in [3.05, 3.63) is 10.1 Å². The molecule has 5 saturated carbocycles. The zero-order valence-electron chi connectivity index (χ0n) is 8.78.